The van der Waals surface area contributed by atoms with Gasteiger partial charge in [-0.25, -0.2) is 0 Å². The summed E-state index contributed by atoms with van der Waals surface area (Å²) in [6.07, 6.45) is 2.87. The summed E-state index contributed by atoms with van der Waals surface area (Å²) in [7, 11) is 0. The molecule has 21 heavy (non-hydrogen) atoms. The summed E-state index contributed by atoms with van der Waals surface area (Å²) in [6, 6.07) is 16.6. The zero-order valence-electron chi connectivity index (χ0n) is 12.3. The molecule has 1 N–H and O–H groups in total. The molecule has 2 aromatic rings. The second kappa shape index (κ2) is 4.60. The Balaban J connectivity index is 1.67. The molecular weight excluding hydrogens is 260 g/mol. The Labute approximate surface area is 125 Å². The van der Waals surface area contributed by atoms with Crippen LogP contribution in [-0.4, -0.2) is 11.2 Å². The smallest absolute Gasteiger partial charge is 0.123 e. The van der Waals surface area contributed by atoms with Crippen LogP contribution in [0.5, 0.6) is 5.75 Å². The van der Waals surface area contributed by atoms with E-state index in [-0.39, 0.29) is 11.5 Å². The molecule has 0 saturated heterocycles. The minimum Gasteiger partial charge on any atom is -0.490 e. The normalized spacial score (nSPS) is 23.2. The van der Waals surface area contributed by atoms with Gasteiger partial charge < -0.3 is 9.84 Å². The molecule has 1 aliphatic carbocycles. The molecule has 2 aliphatic rings. The van der Waals surface area contributed by atoms with Crippen molar-refractivity contribution in [1.82, 2.24) is 0 Å². The van der Waals surface area contributed by atoms with Crippen molar-refractivity contribution in [3.63, 3.8) is 0 Å². The van der Waals surface area contributed by atoms with Gasteiger partial charge in [-0.05, 0) is 48.6 Å². The van der Waals surface area contributed by atoms with Crippen LogP contribution in [0, 0.1) is 0 Å². The summed E-state index contributed by atoms with van der Waals surface area (Å²) in [6.45, 7) is 2.09. The fourth-order valence-corrected chi connectivity index (χ4v) is 3.56. The monoisotopic (exact) mass is 280 g/mol. The molecule has 0 aromatic heterocycles. The molecule has 2 heteroatoms. The first-order chi connectivity index (χ1) is 10.2. The zero-order valence-corrected chi connectivity index (χ0v) is 12.3. The molecule has 0 bridgehead atoms. The van der Waals surface area contributed by atoms with E-state index in [2.05, 4.69) is 37.3 Å². The van der Waals surface area contributed by atoms with Crippen molar-refractivity contribution < 1.29 is 9.84 Å². The third kappa shape index (κ3) is 2.06. The Morgan fingerprint density at radius 3 is 2.62 bits per heavy atom. The van der Waals surface area contributed by atoms with E-state index < -0.39 is 6.10 Å². The summed E-state index contributed by atoms with van der Waals surface area (Å²) in [4.78, 5) is 0. The third-order valence-corrected chi connectivity index (χ3v) is 4.90. The molecule has 2 unspecified atom stereocenters. The largest absolute Gasteiger partial charge is 0.490 e. The molecule has 0 spiro atoms. The van der Waals surface area contributed by atoms with E-state index in [1.807, 2.05) is 18.2 Å². The van der Waals surface area contributed by atoms with E-state index in [0.29, 0.717) is 0 Å². The third-order valence-electron chi connectivity index (χ3n) is 4.90. The number of aliphatic hydroxyl groups excluding tert-OH is 1. The van der Waals surface area contributed by atoms with Crippen molar-refractivity contribution >= 4 is 0 Å². The average Bonchev–Trinajstić information content (AvgIpc) is 3.23. The van der Waals surface area contributed by atoms with Crippen LogP contribution in [0.15, 0.2) is 48.5 Å². The lowest BCUT2D eigenvalue weighted by Crippen LogP contribution is -2.18. The Morgan fingerprint density at radius 2 is 1.90 bits per heavy atom. The molecule has 2 atom stereocenters. The molecule has 1 fully saturated rings. The number of fused-ring (bicyclic) bond motifs is 1. The molecular formula is C19H20O2. The highest BCUT2D eigenvalue weighted by molar-refractivity contribution is 5.44. The highest BCUT2D eigenvalue weighted by Gasteiger charge is 2.50. The fourth-order valence-electron chi connectivity index (χ4n) is 3.56. The van der Waals surface area contributed by atoms with Gasteiger partial charge in [0.2, 0.25) is 0 Å². The van der Waals surface area contributed by atoms with Crippen molar-refractivity contribution in [1.29, 1.82) is 0 Å². The van der Waals surface area contributed by atoms with E-state index in [9.17, 15) is 5.11 Å². The van der Waals surface area contributed by atoms with Gasteiger partial charge in [0.25, 0.3) is 0 Å². The van der Waals surface area contributed by atoms with Gasteiger partial charge in [0.15, 0.2) is 0 Å². The van der Waals surface area contributed by atoms with Crippen molar-refractivity contribution in [2.24, 2.45) is 0 Å². The number of benzene rings is 2. The second-order valence-corrected chi connectivity index (χ2v) is 6.42. The van der Waals surface area contributed by atoms with E-state index >= 15 is 0 Å². The standard InChI is InChI=1S/C19H20O2/c1-13-11-15-12-14(7-8-17(15)21-13)18(20)19(9-10-19)16-5-3-2-4-6-16/h2-8,12-13,18,20H,9-11H2,1H3. The minimum absolute atomic E-state index is 0.0828. The van der Waals surface area contributed by atoms with Gasteiger partial charge in [-0.2, -0.15) is 0 Å². The number of hydrogen-bond acceptors (Lipinski definition) is 2. The first kappa shape index (κ1) is 12.9. The van der Waals surface area contributed by atoms with Crippen molar-refractivity contribution in [3.8, 4) is 5.75 Å². The maximum Gasteiger partial charge on any atom is 0.123 e. The van der Waals surface area contributed by atoms with Gasteiger partial charge in [0, 0.05) is 11.8 Å². The molecule has 2 nitrogen and oxygen atoms in total. The zero-order chi connectivity index (χ0) is 14.4. The van der Waals surface area contributed by atoms with Crippen molar-refractivity contribution in [2.45, 2.75) is 43.8 Å². The summed E-state index contributed by atoms with van der Waals surface area (Å²) in [5.74, 6) is 0.975. The van der Waals surface area contributed by atoms with Crippen LogP contribution in [0.25, 0.3) is 0 Å². The lowest BCUT2D eigenvalue weighted by molar-refractivity contribution is 0.133. The van der Waals surface area contributed by atoms with E-state index in [1.165, 1.54) is 11.1 Å². The van der Waals surface area contributed by atoms with Crippen LogP contribution in [0.3, 0.4) is 0 Å². The molecule has 1 saturated carbocycles. The number of aliphatic hydroxyl groups is 1. The SMILES string of the molecule is CC1Cc2cc(C(O)C3(c4ccccc4)CC3)ccc2O1. The number of rotatable bonds is 3. The highest BCUT2D eigenvalue weighted by atomic mass is 16.5. The van der Waals surface area contributed by atoms with Crippen LogP contribution in [0.4, 0.5) is 0 Å². The Kier molecular flexibility index (Phi) is 2.83. The Bertz CT molecular complexity index is 659. The molecule has 0 amide bonds. The molecule has 1 aliphatic heterocycles. The summed E-state index contributed by atoms with van der Waals surface area (Å²) >= 11 is 0. The highest BCUT2D eigenvalue weighted by Crippen LogP contribution is 2.56. The first-order valence-electron chi connectivity index (χ1n) is 7.72. The van der Waals surface area contributed by atoms with E-state index in [4.69, 9.17) is 4.74 Å². The quantitative estimate of drug-likeness (QED) is 0.927. The molecule has 0 radical (unpaired) electrons. The Hall–Kier alpha value is -1.80. The lowest BCUT2D eigenvalue weighted by atomic mass is 9.85. The van der Waals surface area contributed by atoms with Gasteiger partial charge >= 0.3 is 0 Å². The van der Waals surface area contributed by atoms with Crippen molar-refractivity contribution in [3.05, 3.63) is 65.2 Å². The van der Waals surface area contributed by atoms with Crippen molar-refractivity contribution in [2.75, 3.05) is 0 Å². The maximum absolute atomic E-state index is 10.9. The maximum atomic E-state index is 10.9. The predicted molar refractivity (Wildman–Crippen MR) is 82.5 cm³/mol. The van der Waals surface area contributed by atoms with E-state index in [0.717, 1.165) is 30.6 Å². The second-order valence-electron chi connectivity index (χ2n) is 6.42. The molecule has 2 aromatic carbocycles. The topological polar surface area (TPSA) is 29.5 Å². The lowest BCUT2D eigenvalue weighted by Gasteiger charge is -2.23. The molecule has 1 heterocycles. The minimum atomic E-state index is -0.430. The number of ether oxygens (including phenoxy) is 1. The van der Waals surface area contributed by atoms with Gasteiger partial charge in [0.05, 0.1) is 6.10 Å². The summed E-state index contributed by atoms with van der Waals surface area (Å²) in [5, 5.41) is 10.9. The number of hydrogen-bond donors (Lipinski definition) is 1. The first-order valence-corrected chi connectivity index (χ1v) is 7.72. The van der Waals surface area contributed by atoms with Gasteiger partial charge in [-0.3, -0.25) is 0 Å². The predicted octanol–water partition coefficient (Wildman–Crippen LogP) is 3.78. The molecule has 108 valence electrons. The van der Waals surface area contributed by atoms with Gasteiger partial charge in [0.1, 0.15) is 11.9 Å². The average molecular weight is 280 g/mol. The molecule has 4 rings (SSSR count). The van der Waals surface area contributed by atoms with Crippen LogP contribution in [-0.2, 0) is 11.8 Å². The van der Waals surface area contributed by atoms with Gasteiger partial charge in [-0.1, -0.05) is 36.4 Å². The van der Waals surface area contributed by atoms with Gasteiger partial charge in [-0.15, -0.1) is 0 Å². The van der Waals surface area contributed by atoms with Crippen LogP contribution < -0.4 is 4.74 Å². The van der Waals surface area contributed by atoms with Crippen LogP contribution >= 0.6 is 0 Å². The Morgan fingerprint density at radius 1 is 1.14 bits per heavy atom. The van der Waals surface area contributed by atoms with Crippen LogP contribution in [0.2, 0.25) is 0 Å². The summed E-state index contributed by atoms with van der Waals surface area (Å²) in [5.41, 5.74) is 3.42. The fraction of sp³-hybridized carbons (Fsp3) is 0.368. The summed E-state index contributed by atoms with van der Waals surface area (Å²) < 4.78 is 5.75. The van der Waals surface area contributed by atoms with E-state index in [1.54, 1.807) is 0 Å². The van der Waals surface area contributed by atoms with Crippen LogP contribution in [0.1, 0.15) is 42.6 Å².